The highest BCUT2D eigenvalue weighted by Gasteiger charge is 2.68. The maximum Gasteiger partial charge on any atom is 0.275 e. The van der Waals surface area contributed by atoms with Gasteiger partial charge < -0.3 is 0 Å². The van der Waals surface area contributed by atoms with Gasteiger partial charge in [0.2, 0.25) is 0 Å². The van der Waals surface area contributed by atoms with E-state index < -0.39 is 35.6 Å². The Kier molecular flexibility index (Phi) is 4.78. The summed E-state index contributed by atoms with van der Waals surface area (Å²) < 4.78 is 0. The number of hydrogen-bond acceptors (Lipinski definition) is 4. The van der Waals surface area contributed by atoms with Crippen molar-refractivity contribution in [3.63, 3.8) is 0 Å². The largest absolute Gasteiger partial charge is 0.292 e. The number of ketones is 1. The van der Waals surface area contributed by atoms with E-state index >= 15 is 0 Å². The van der Waals surface area contributed by atoms with E-state index in [1.54, 1.807) is 55.5 Å². The summed E-state index contributed by atoms with van der Waals surface area (Å²) in [6.45, 7) is 1.55. The SMILES string of the molecule is C[C@H](C(=O)c1ccccc1)N(C(=O)c1ccccc1Cl)N1C(=O)[C@@H]2[C@H]3C=C[C@@H]([C@@H]4C[C@H]34)[C@@H]2C1=O. The number of nitrogens with zero attached hydrogens (tertiary/aromatic N) is 2. The fourth-order valence-corrected chi connectivity index (χ4v) is 6.52. The Labute approximate surface area is 202 Å². The summed E-state index contributed by atoms with van der Waals surface area (Å²) >= 11 is 6.32. The Hall–Kier alpha value is -3.25. The molecule has 0 spiro atoms. The number of benzene rings is 2. The summed E-state index contributed by atoms with van der Waals surface area (Å²) in [7, 11) is 0. The molecule has 1 heterocycles. The lowest BCUT2D eigenvalue weighted by Gasteiger charge is -2.37. The lowest BCUT2D eigenvalue weighted by atomic mass is 9.63. The van der Waals surface area contributed by atoms with Crippen molar-refractivity contribution in [2.75, 3.05) is 0 Å². The lowest BCUT2D eigenvalue weighted by molar-refractivity contribution is -0.156. The van der Waals surface area contributed by atoms with Crippen LogP contribution in [0, 0.1) is 35.5 Å². The highest BCUT2D eigenvalue weighted by molar-refractivity contribution is 6.34. The van der Waals surface area contributed by atoms with Gasteiger partial charge in [0.25, 0.3) is 17.7 Å². The molecule has 3 amide bonds. The topological polar surface area (TPSA) is 74.8 Å². The van der Waals surface area contributed by atoms with Gasteiger partial charge in [0, 0.05) is 5.56 Å². The van der Waals surface area contributed by atoms with E-state index in [4.69, 9.17) is 11.6 Å². The number of hydrazine groups is 1. The van der Waals surface area contributed by atoms with Crippen molar-refractivity contribution < 1.29 is 19.2 Å². The van der Waals surface area contributed by atoms with Gasteiger partial charge in [-0.15, -0.1) is 0 Å². The van der Waals surface area contributed by atoms with Gasteiger partial charge in [0.1, 0.15) is 6.04 Å². The summed E-state index contributed by atoms with van der Waals surface area (Å²) in [5.74, 6) is -1.86. The summed E-state index contributed by atoms with van der Waals surface area (Å²) in [6, 6.07) is 13.9. The first kappa shape index (κ1) is 21.3. The normalized spacial score (nSPS) is 31.2. The first-order valence-corrected chi connectivity index (χ1v) is 12.0. The summed E-state index contributed by atoms with van der Waals surface area (Å²) in [5.41, 5.74) is 0.530. The molecule has 2 saturated carbocycles. The van der Waals surface area contributed by atoms with Crippen LogP contribution in [0.1, 0.15) is 34.1 Å². The van der Waals surface area contributed by atoms with E-state index in [0.717, 1.165) is 16.4 Å². The quantitative estimate of drug-likeness (QED) is 0.372. The fourth-order valence-electron chi connectivity index (χ4n) is 6.31. The van der Waals surface area contributed by atoms with E-state index in [1.165, 1.54) is 6.07 Å². The molecule has 2 bridgehead atoms. The number of imide groups is 1. The average Bonchev–Trinajstić information content (AvgIpc) is 3.64. The van der Waals surface area contributed by atoms with Crippen LogP contribution in [-0.2, 0) is 9.59 Å². The molecule has 1 aliphatic heterocycles. The lowest BCUT2D eigenvalue weighted by Crippen LogP contribution is -2.56. The van der Waals surface area contributed by atoms with Crippen molar-refractivity contribution in [2.24, 2.45) is 35.5 Å². The number of amides is 3. The fraction of sp³-hybridized carbons (Fsp3) is 0.333. The molecular formula is C27H23ClN2O4. The van der Waals surface area contributed by atoms with Crippen LogP contribution in [-0.4, -0.2) is 39.6 Å². The van der Waals surface area contributed by atoms with E-state index in [1.807, 2.05) is 0 Å². The molecule has 0 unspecified atom stereocenters. The van der Waals surface area contributed by atoms with Gasteiger partial charge in [-0.3, -0.25) is 19.2 Å². The third kappa shape index (κ3) is 2.94. The molecule has 0 radical (unpaired) electrons. The molecule has 7 heteroatoms. The van der Waals surface area contributed by atoms with Crippen LogP contribution < -0.4 is 0 Å². The summed E-state index contributed by atoms with van der Waals surface area (Å²) in [5, 5.41) is 2.20. The van der Waals surface area contributed by atoms with Crippen molar-refractivity contribution in [1.29, 1.82) is 0 Å². The molecule has 7 rings (SSSR count). The zero-order chi connectivity index (χ0) is 23.7. The zero-order valence-electron chi connectivity index (χ0n) is 18.5. The number of halogens is 1. The summed E-state index contributed by atoms with van der Waals surface area (Å²) in [6.07, 6.45) is 5.20. The van der Waals surface area contributed by atoms with Gasteiger partial charge in [0.15, 0.2) is 5.78 Å². The molecule has 2 aromatic rings. The third-order valence-electron chi connectivity index (χ3n) is 7.97. The highest BCUT2D eigenvalue weighted by Crippen LogP contribution is 2.65. The predicted molar refractivity (Wildman–Crippen MR) is 124 cm³/mol. The molecule has 3 fully saturated rings. The molecule has 172 valence electrons. The average molecular weight is 475 g/mol. The van der Waals surface area contributed by atoms with E-state index in [2.05, 4.69) is 12.2 Å². The number of carbonyl (C=O) groups is 4. The third-order valence-corrected chi connectivity index (χ3v) is 8.30. The number of rotatable bonds is 5. The molecule has 7 atom stereocenters. The van der Waals surface area contributed by atoms with Gasteiger partial charge in [0.05, 0.1) is 22.4 Å². The monoisotopic (exact) mass is 474 g/mol. The van der Waals surface area contributed by atoms with Crippen LogP contribution in [0.15, 0.2) is 66.7 Å². The molecule has 0 N–H and O–H groups in total. The maximum atomic E-state index is 13.8. The van der Waals surface area contributed by atoms with Gasteiger partial charge in [-0.2, -0.15) is 5.01 Å². The Morgan fingerprint density at radius 3 is 2.06 bits per heavy atom. The van der Waals surface area contributed by atoms with Crippen molar-refractivity contribution in [2.45, 2.75) is 19.4 Å². The van der Waals surface area contributed by atoms with Gasteiger partial charge >= 0.3 is 0 Å². The molecule has 2 aromatic carbocycles. The van der Waals surface area contributed by atoms with Crippen molar-refractivity contribution in [3.8, 4) is 0 Å². The Balaban J connectivity index is 1.42. The molecule has 1 saturated heterocycles. The minimum atomic E-state index is -1.08. The van der Waals surface area contributed by atoms with Crippen LogP contribution in [0.2, 0.25) is 5.02 Å². The van der Waals surface area contributed by atoms with Crippen molar-refractivity contribution in [3.05, 3.63) is 82.9 Å². The van der Waals surface area contributed by atoms with E-state index in [9.17, 15) is 19.2 Å². The van der Waals surface area contributed by atoms with Gasteiger partial charge in [-0.25, -0.2) is 5.01 Å². The molecule has 4 aliphatic carbocycles. The predicted octanol–water partition coefficient (Wildman–Crippen LogP) is 4.02. The second-order valence-corrected chi connectivity index (χ2v) is 10.1. The molecule has 6 nitrogen and oxygen atoms in total. The molecule has 5 aliphatic rings. The second kappa shape index (κ2) is 7.64. The number of Topliss-reactive ketones (excluding diaryl/α,β-unsaturated/α-hetero) is 1. The molecule has 0 aromatic heterocycles. The van der Waals surface area contributed by atoms with Crippen LogP contribution in [0.4, 0.5) is 0 Å². The summed E-state index contributed by atoms with van der Waals surface area (Å²) in [4.78, 5) is 54.7. The van der Waals surface area contributed by atoms with Crippen LogP contribution in [0.5, 0.6) is 0 Å². The van der Waals surface area contributed by atoms with Crippen molar-refractivity contribution in [1.82, 2.24) is 10.0 Å². The second-order valence-electron chi connectivity index (χ2n) is 9.68. The number of hydrogen-bond donors (Lipinski definition) is 0. The van der Waals surface area contributed by atoms with Gasteiger partial charge in [-0.1, -0.05) is 66.2 Å². The van der Waals surface area contributed by atoms with Crippen LogP contribution in [0.3, 0.4) is 0 Å². The van der Waals surface area contributed by atoms with Crippen LogP contribution in [0.25, 0.3) is 0 Å². The van der Waals surface area contributed by atoms with Crippen LogP contribution >= 0.6 is 11.6 Å². The first-order chi connectivity index (χ1) is 16.4. The Morgan fingerprint density at radius 2 is 1.47 bits per heavy atom. The van der Waals surface area contributed by atoms with E-state index in [-0.39, 0.29) is 28.2 Å². The Morgan fingerprint density at radius 1 is 0.912 bits per heavy atom. The number of allylic oxidation sites excluding steroid dienone is 2. The minimum Gasteiger partial charge on any atom is -0.292 e. The molecule has 34 heavy (non-hydrogen) atoms. The first-order valence-electron chi connectivity index (χ1n) is 11.6. The van der Waals surface area contributed by atoms with Gasteiger partial charge in [-0.05, 0) is 49.1 Å². The maximum absolute atomic E-state index is 13.8. The zero-order valence-corrected chi connectivity index (χ0v) is 19.3. The minimum absolute atomic E-state index is 0.0128. The Bertz CT molecular complexity index is 1220. The van der Waals surface area contributed by atoms with Crippen molar-refractivity contribution >= 4 is 35.1 Å². The van der Waals surface area contributed by atoms with E-state index in [0.29, 0.717) is 17.4 Å². The highest BCUT2D eigenvalue weighted by atomic mass is 35.5. The molecular weight excluding hydrogens is 452 g/mol. The number of carbonyl (C=O) groups excluding carboxylic acids is 4. The standard InChI is InChI=1S/C27H23ClN2O4/c1-14(24(31)15-7-3-2-4-8-15)29(25(32)18-9-5-6-10-21(18)28)30-26(33)22-16-11-12-17(20-13-19(16)20)23(22)27(30)34/h2-12,14,16-17,19-20,22-23H,13H2,1H3/t14-,16+,17+,19-,20+,22-,23+/m1/s1. The smallest absolute Gasteiger partial charge is 0.275 e.